The van der Waals surface area contributed by atoms with Gasteiger partial charge in [-0.2, -0.15) is 0 Å². The van der Waals surface area contributed by atoms with Gasteiger partial charge in [0.1, 0.15) is 5.82 Å². The second-order valence-electron chi connectivity index (χ2n) is 5.22. The molecule has 0 bridgehead atoms. The third-order valence-corrected chi connectivity index (χ3v) is 4.17. The van der Waals surface area contributed by atoms with Crippen molar-refractivity contribution in [1.82, 2.24) is 0 Å². The highest BCUT2D eigenvalue weighted by Gasteiger charge is 2.14. The van der Waals surface area contributed by atoms with E-state index in [0.29, 0.717) is 27.9 Å². The standard InChI is InChI=1S/C17H17F2IN2O/c1-10-7-14(21-9-12-3-5-13(18)6-4-12)16(19)11(2)17(10)22-15(23)8-20/h3-7,21H,8-9H2,1-2H3,(H,22,23). The van der Waals surface area contributed by atoms with E-state index in [-0.39, 0.29) is 11.7 Å². The summed E-state index contributed by atoms with van der Waals surface area (Å²) in [6.45, 7) is 3.84. The van der Waals surface area contributed by atoms with E-state index in [1.807, 2.05) is 29.5 Å². The molecule has 0 heterocycles. The smallest absolute Gasteiger partial charge is 0.234 e. The summed E-state index contributed by atoms with van der Waals surface area (Å²) < 4.78 is 27.7. The number of hydrogen-bond donors (Lipinski definition) is 2. The molecule has 3 nitrogen and oxygen atoms in total. The van der Waals surface area contributed by atoms with Crippen molar-refractivity contribution < 1.29 is 13.6 Å². The molecule has 2 rings (SSSR count). The third kappa shape index (κ3) is 4.40. The van der Waals surface area contributed by atoms with Crippen molar-refractivity contribution >= 4 is 39.9 Å². The molecule has 0 saturated carbocycles. The lowest BCUT2D eigenvalue weighted by Crippen LogP contribution is -2.15. The van der Waals surface area contributed by atoms with Crippen LogP contribution < -0.4 is 10.6 Å². The fraction of sp³-hybridized carbons (Fsp3) is 0.235. The van der Waals surface area contributed by atoms with Crippen molar-refractivity contribution in [3.05, 3.63) is 58.7 Å². The Balaban J connectivity index is 2.20. The minimum absolute atomic E-state index is 0.164. The van der Waals surface area contributed by atoms with E-state index in [2.05, 4.69) is 10.6 Å². The van der Waals surface area contributed by atoms with Crippen LogP contribution >= 0.6 is 22.6 Å². The molecular formula is C17H17F2IN2O. The predicted molar refractivity (Wildman–Crippen MR) is 97.1 cm³/mol. The number of amides is 1. The summed E-state index contributed by atoms with van der Waals surface area (Å²) in [6.07, 6.45) is 0. The van der Waals surface area contributed by atoms with Gasteiger partial charge >= 0.3 is 0 Å². The van der Waals surface area contributed by atoms with Crippen LogP contribution in [0.1, 0.15) is 16.7 Å². The summed E-state index contributed by atoms with van der Waals surface area (Å²) in [5.41, 5.74) is 2.89. The minimum atomic E-state index is -0.401. The second kappa shape index (κ2) is 7.72. The Labute approximate surface area is 147 Å². The number of alkyl halides is 1. The lowest BCUT2D eigenvalue weighted by molar-refractivity contribution is -0.113. The van der Waals surface area contributed by atoms with Crippen LogP contribution in [0.5, 0.6) is 0 Å². The first-order chi connectivity index (χ1) is 10.9. The summed E-state index contributed by atoms with van der Waals surface area (Å²) in [5.74, 6) is -0.869. The van der Waals surface area contributed by atoms with Gasteiger partial charge in [-0.25, -0.2) is 8.78 Å². The largest absolute Gasteiger partial charge is 0.379 e. The van der Waals surface area contributed by atoms with Crippen LogP contribution in [-0.4, -0.2) is 10.3 Å². The maximum atomic E-state index is 14.5. The van der Waals surface area contributed by atoms with Gasteiger partial charge in [-0.05, 0) is 43.2 Å². The van der Waals surface area contributed by atoms with Crippen molar-refractivity contribution in [3.8, 4) is 0 Å². The molecular weight excluding hydrogens is 413 g/mol. The zero-order valence-electron chi connectivity index (χ0n) is 12.8. The van der Waals surface area contributed by atoms with Gasteiger partial charge < -0.3 is 10.6 Å². The summed E-state index contributed by atoms with van der Waals surface area (Å²) in [6, 6.07) is 7.69. The molecule has 0 atom stereocenters. The highest BCUT2D eigenvalue weighted by atomic mass is 127. The Bertz CT molecular complexity index is 718. The molecule has 0 aliphatic rings. The quantitative estimate of drug-likeness (QED) is 0.539. The Kier molecular flexibility index (Phi) is 5.92. The average molecular weight is 430 g/mol. The Morgan fingerprint density at radius 3 is 2.43 bits per heavy atom. The number of carbonyl (C=O) groups is 1. The van der Waals surface area contributed by atoms with Gasteiger partial charge in [-0.15, -0.1) is 0 Å². The number of benzene rings is 2. The molecule has 122 valence electrons. The van der Waals surface area contributed by atoms with Gasteiger partial charge in [0.25, 0.3) is 0 Å². The maximum Gasteiger partial charge on any atom is 0.234 e. The van der Waals surface area contributed by atoms with Crippen molar-refractivity contribution in [2.24, 2.45) is 0 Å². The SMILES string of the molecule is Cc1cc(NCc2ccc(F)cc2)c(F)c(C)c1NC(=O)CI. The average Bonchev–Trinajstić information content (AvgIpc) is 2.54. The third-order valence-electron chi connectivity index (χ3n) is 3.48. The molecule has 0 fully saturated rings. The molecule has 0 unspecified atom stereocenters. The van der Waals surface area contributed by atoms with Crippen molar-refractivity contribution in [2.45, 2.75) is 20.4 Å². The molecule has 6 heteroatoms. The van der Waals surface area contributed by atoms with E-state index in [1.54, 1.807) is 25.1 Å². The van der Waals surface area contributed by atoms with Gasteiger partial charge in [0.05, 0.1) is 10.1 Å². The maximum absolute atomic E-state index is 14.5. The van der Waals surface area contributed by atoms with Gasteiger partial charge in [-0.1, -0.05) is 34.7 Å². The zero-order valence-corrected chi connectivity index (χ0v) is 15.0. The van der Waals surface area contributed by atoms with Crippen LogP contribution in [-0.2, 0) is 11.3 Å². The number of carbonyl (C=O) groups excluding carboxylic acids is 1. The van der Waals surface area contributed by atoms with Gasteiger partial charge in [-0.3, -0.25) is 4.79 Å². The van der Waals surface area contributed by atoms with Crippen molar-refractivity contribution in [1.29, 1.82) is 0 Å². The van der Waals surface area contributed by atoms with E-state index in [4.69, 9.17) is 0 Å². The van der Waals surface area contributed by atoms with E-state index >= 15 is 0 Å². The summed E-state index contributed by atoms with van der Waals surface area (Å²) >= 11 is 1.96. The van der Waals surface area contributed by atoms with E-state index in [1.165, 1.54) is 12.1 Å². The molecule has 0 aliphatic carbocycles. The first-order valence-corrected chi connectivity index (χ1v) is 8.58. The molecule has 1 amide bonds. The normalized spacial score (nSPS) is 10.5. The first-order valence-electron chi connectivity index (χ1n) is 7.06. The van der Waals surface area contributed by atoms with Crippen LogP contribution in [0.4, 0.5) is 20.2 Å². The fourth-order valence-electron chi connectivity index (χ4n) is 2.25. The van der Waals surface area contributed by atoms with Crippen LogP contribution in [0.15, 0.2) is 30.3 Å². The highest BCUT2D eigenvalue weighted by molar-refractivity contribution is 14.1. The second-order valence-corrected chi connectivity index (χ2v) is 5.98. The number of nitrogens with one attached hydrogen (secondary N) is 2. The number of aryl methyl sites for hydroxylation is 1. The molecule has 0 aromatic heterocycles. The molecule has 0 aliphatic heterocycles. The monoisotopic (exact) mass is 430 g/mol. The molecule has 23 heavy (non-hydrogen) atoms. The lowest BCUT2D eigenvalue weighted by atomic mass is 10.1. The Hall–Kier alpha value is -1.70. The summed E-state index contributed by atoms with van der Waals surface area (Å²) in [5, 5.41) is 5.73. The first kappa shape index (κ1) is 17.7. The summed E-state index contributed by atoms with van der Waals surface area (Å²) in [7, 11) is 0. The van der Waals surface area contributed by atoms with Crippen LogP contribution in [0.25, 0.3) is 0 Å². The Morgan fingerprint density at radius 2 is 1.83 bits per heavy atom. The van der Waals surface area contributed by atoms with E-state index < -0.39 is 5.82 Å². The summed E-state index contributed by atoms with van der Waals surface area (Å²) in [4.78, 5) is 11.5. The van der Waals surface area contributed by atoms with E-state index in [0.717, 1.165) is 11.1 Å². The topological polar surface area (TPSA) is 41.1 Å². The number of hydrogen-bond acceptors (Lipinski definition) is 2. The van der Waals surface area contributed by atoms with Gasteiger partial charge in [0, 0.05) is 17.8 Å². The molecule has 2 N–H and O–H groups in total. The Morgan fingerprint density at radius 1 is 1.17 bits per heavy atom. The molecule has 0 radical (unpaired) electrons. The zero-order chi connectivity index (χ0) is 17.0. The molecule has 0 saturated heterocycles. The number of rotatable bonds is 5. The number of anilines is 2. The fourth-order valence-corrected chi connectivity index (χ4v) is 2.44. The van der Waals surface area contributed by atoms with E-state index in [9.17, 15) is 13.6 Å². The molecule has 2 aromatic carbocycles. The predicted octanol–water partition coefficient (Wildman–Crippen LogP) is 4.57. The van der Waals surface area contributed by atoms with Crippen molar-refractivity contribution in [2.75, 3.05) is 15.1 Å². The number of halogens is 3. The van der Waals surface area contributed by atoms with Gasteiger partial charge in [0.15, 0.2) is 5.82 Å². The lowest BCUT2D eigenvalue weighted by Gasteiger charge is -2.16. The van der Waals surface area contributed by atoms with Crippen molar-refractivity contribution in [3.63, 3.8) is 0 Å². The van der Waals surface area contributed by atoms with Crippen LogP contribution in [0, 0.1) is 25.5 Å². The highest BCUT2D eigenvalue weighted by Crippen LogP contribution is 2.29. The molecule has 0 spiro atoms. The van der Waals surface area contributed by atoms with Crippen LogP contribution in [0.3, 0.4) is 0 Å². The molecule has 2 aromatic rings. The van der Waals surface area contributed by atoms with Crippen LogP contribution in [0.2, 0.25) is 0 Å². The minimum Gasteiger partial charge on any atom is -0.379 e. The van der Waals surface area contributed by atoms with Gasteiger partial charge in [0.2, 0.25) is 5.91 Å².